The molecule has 0 amide bonds. The fourth-order valence-electron chi connectivity index (χ4n) is 1.23. The van der Waals surface area contributed by atoms with Crippen LogP contribution in [0.2, 0.25) is 0 Å². The minimum absolute atomic E-state index is 0.264. The van der Waals surface area contributed by atoms with E-state index in [2.05, 4.69) is 25.9 Å². The molecule has 0 aliphatic heterocycles. The van der Waals surface area contributed by atoms with Crippen LogP contribution >= 0.6 is 15.9 Å². The van der Waals surface area contributed by atoms with Crippen LogP contribution in [0.15, 0.2) is 35.1 Å². The molecular formula is C12H8BrN3O. The second-order valence-corrected chi connectivity index (χ2v) is 4.24. The summed E-state index contributed by atoms with van der Waals surface area (Å²) in [5.41, 5.74) is 1.40. The Labute approximate surface area is 107 Å². The summed E-state index contributed by atoms with van der Waals surface area (Å²) < 4.78 is 6.38. The van der Waals surface area contributed by atoms with Crippen molar-refractivity contribution in [3.63, 3.8) is 0 Å². The molecule has 0 aliphatic carbocycles. The topological polar surface area (TPSA) is 58.8 Å². The molecule has 0 unspecified atom stereocenters. The lowest BCUT2D eigenvalue weighted by Crippen LogP contribution is -1.92. The van der Waals surface area contributed by atoms with Gasteiger partial charge in [0.05, 0.1) is 16.9 Å². The van der Waals surface area contributed by atoms with Crippen molar-refractivity contribution in [3.8, 4) is 17.7 Å². The predicted molar refractivity (Wildman–Crippen MR) is 65.7 cm³/mol. The highest BCUT2D eigenvalue weighted by molar-refractivity contribution is 9.10. The van der Waals surface area contributed by atoms with Crippen molar-refractivity contribution < 1.29 is 4.74 Å². The number of nitrogens with zero attached hydrogens (tertiary/aromatic N) is 3. The zero-order chi connectivity index (χ0) is 12.3. The van der Waals surface area contributed by atoms with Crippen molar-refractivity contribution in [2.45, 2.75) is 6.92 Å². The van der Waals surface area contributed by atoms with E-state index in [0.717, 1.165) is 10.0 Å². The fourth-order valence-corrected chi connectivity index (χ4v) is 1.80. The smallest absolute Gasteiger partial charge is 0.237 e. The summed E-state index contributed by atoms with van der Waals surface area (Å²) in [4.78, 5) is 7.86. The fraction of sp³-hybridized carbons (Fsp3) is 0.0833. The molecule has 84 valence electrons. The highest BCUT2D eigenvalue weighted by Gasteiger charge is 2.04. The van der Waals surface area contributed by atoms with Gasteiger partial charge in [0.25, 0.3) is 0 Å². The predicted octanol–water partition coefficient (Wildman–Crippen LogP) is 3.21. The minimum Gasteiger partial charge on any atom is -0.436 e. The Morgan fingerprint density at radius 2 is 2.12 bits per heavy atom. The lowest BCUT2D eigenvalue weighted by atomic mass is 10.2. The third kappa shape index (κ3) is 2.80. The van der Waals surface area contributed by atoms with Crippen molar-refractivity contribution >= 4 is 15.9 Å². The summed E-state index contributed by atoms with van der Waals surface area (Å²) in [7, 11) is 0. The van der Waals surface area contributed by atoms with E-state index in [1.807, 2.05) is 31.2 Å². The molecule has 2 rings (SSSR count). The van der Waals surface area contributed by atoms with E-state index < -0.39 is 0 Å². The van der Waals surface area contributed by atoms with Crippen LogP contribution in [0.3, 0.4) is 0 Å². The summed E-state index contributed by atoms with van der Waals surface area (Å²) in [6, 6.07) is 7.64. The van der Waals surface area contributed by atoms with E-state index in [4.69, 9.17) is 10.00 Å². The zero-order valence-electron chi connectivity index (χ0n) is 9.01. The van der Waals surface area contributed by atoms with Gasteiger partial charge in [-0.25, -0.2) is 9.97 Å². The van der Waals surface area contributed by atoms with Crippen molar-refractivity contribution in [2.24, 2.45) is 0 Å². The van der Waals surface area contributed by atoms with Gasteiger partial charge < -0.3 is 4.74 Å². The number of halogens is 1. The molecule has 1 aromatic carbocycles. The van der Waals surface area contributed by atoms with E-state index >= 15 is 0 Å². The Morgan fingerprint density at radius 3 is 2.71 bits per heavy atom. The lowest BCUT2D eigenvalue weighted by molar-refractivity contribution is 0.457. The number of nitriles is 1. The highest BCUT2D eigenvalue weighted by Crippen LogP contribution is 2.29. The van der Waals surface area contributed by atoms with Crippen molar-refractivity contribution in [1.82, 2.24) is 9.97 Å². The number of hydrogen-bond acceptors (Lipinski definition) is 4. The maximum absolute atomic E-state index is 8.59. The largest absolute Gasteiger partial charge is 0.436 e. The molecule has 4 nitrogen and oxygen atoms in total. The van der Waals surface area contributed by atoms with Crippen LogP contribution in [-0.4, -0.2) is 9.97 Å². The van der Waals surface area contributed by atoms with E-state index in [1.54, 1.807) is 0 Å². The van der Waals surface area contributed by atoms with Gasteiger partial charge >= 0.3 is 0 Å². The summed E-state index contributed by atoms with van der Waals surface area (Å²) in [6.45, 7) is 2.00. The minimum atomic E-state index is 0.264. The second-order valence-electron chi connectivity index (χ2n) is 3.39. The molecule has 0 spiro atoms. The third-order valence-corrected chi connectivity index (χ3v) is 2.66. The third-order valence-electron chi connectivity index (χ3n) is 2.04. The van der Waals surface area contributed by atoms with Gasteiger partial charge in [0.15, 0.2) is 5.69 Å². The van der Waals surface area contributed by atoms with E-state index in [1.165, 1.54) is 12.4 Å². The molecule has 0 saturated carbocycles. The second kappa shape index (κ2) is 4.93. The summed E-state index contributed by atoms with van der Waals surface area (Å²) in [5.74, 6) is 1.02. The molecular weight excluding hydrogens is 282 g/mol. The van der Waals surface area contributed by atoms with E-state index in [-0.39, 0.29) is 5.69 Å². The molecule has 0 aliphatic rings. The first-order valence-electron chi connectivity index (χ1n) is 4.85. The lowest BCUT2D eigenvalue weighted by Gasteiger charge is -2.06. The summed E-state index contributed by atoms with van der Waals surface area (Å²) in [5, 5.41) is 8.59. The maximum Gasteiger partial charge on any atom is 0.237 e. The molecule has 0 N–H and O–H groups in total. The number of hydrogen-bond donors (Lipinski definition) is 0. The molecule has 1 heterocycles. The maximum atomic E-state index is 8.59. The van der Waals surface area contributed by atoms with Crippen LogP contribution < -0.4 is 4.74 Å². The number of ether oxygens (including phenoxy) is 1. The molecule has 0 saturated heterocycles. The monoisotopic (exact) mass is 289 g/mol. The summed E-state index contributed by atoms with van der Waals surface area (Å²) >= 11 is 3.41. The van der Waals surface area contributed by atoms with Crippen LogP contribution in [-0.2, 0) is 0 Å². The molecule has 1 aromatic heterocycles. The Hall–Kier alpha value is -1.93. The SMILES string of the molecule is Cc1ccc(Oc2cnc(C#N)cn2)c(Br)c1. The Bertz CT molecular complexity index is 575. The Kier molecular flexibility index (Phi) is 3.35. The van der Waals surface area contributed by atoms with Crippen molar-refractivity contribution in [1.29, 1.82) is 5.26 Å². The van der Waals surface area contributed by atoms with Gasteiger partial charge in [-0.3, -0.25) is 0 Å². The molecule has 0 atom stereocenters. The standard InChI is InChI=1S/C12H8BrN3O/c1-8-2-3-11(10(13)4-8)17-12-7-15-9(5-14)6-16-12/h2-4,6-7H,1H3. The van der Waals surface area contributed by atoms with Gasteiger partial charge in [-0.15, -0.1) is 0 Å². The number of aryl methyl sites for hydroxylation is 1. The Morgan fingerprint density at radius 1 is 1.29 bits per heavy atom. The normalized spacial score (nSPS) is 9.71. The molecule has 0 bridgehead atoms. The van der Waals surface area contributed by atoms with Crippen molar-refractivity contribution in [2.75, 3.05) is 0 Å². The van der Waals surface area contributed by atoms with Crippen LogP contribution in [0.5, 0.6) is 11.6 Å². The van der Waals surface area contributed by atoms with Crippen LogP contribution in [0.4, 0.5) is 0 Å². The van der Waals surface area contributed by atoms with E-state index in [9.17, 15) is 0 Å². The number of benzene rings is 1. The number of rotatable bonds is 2. The van der Waals surface area contributed by atoms with Gasteiger partial charge in [-0.1, -0.05) is 6.07 Å². The van der Waals surface area contributed by atoms with Crippen LogP contribution in [0, 0.1) is 18.3 Å². The van der Waals surface area contributed by atoms with E-state index in [0.29, 0.717) is 11.6 Å². The average Bonchev–Trinajstić information content (AvgIpc) is 2.34. The number of aromatic nitrogens is 2. The van der Waals surface area contributed by atoms with Gasteiger partial charge in [0.2, 0.25) is 5.88 Å². The molecule has 0 radical (unpaired) electrons. The van der Waals surface area contributed by atoms with Gasteiger partial charge in [-0.05, 0) is 40.5 Å². The van der Waals surface area contributed by atoms with Crippen LogP contribution in [0.25, 0.3) is 0 Å². The highest BCUT2D eigenvalue weighted by atomic mass is 79.9. The zero-order valence-corrected chi connectivity index (χ0v) is 10.6. The molecule has 5 heteroatoms. The molecule has 17 heavy (non-hydrogen) atoms. The van der Waals surface area contributed by atoms with Gasteiger partial charge in [-0.2, -0.15) is 5.26 Å². The van der Waals surface area contributed by atoms with Gasteiger partial charge in [0.1, 0.15) is 11.8 Å². The van der Waals surface area contributed by atoms with Crippen molar-refractivity contribution in [3.05, 3.63) is 46.3 Å². The average molecular weight is 290 g/mol. The summed E-state index contributed by atoms with van der Waals surface area (Å²) in [6.07, 6.45) is 2.79. The van der Waals surface area contributed by atoms with Gasteiger partial charge in [0, 0.05) is 0 Å². The quantitative estimate of drug-likeness (QED) is 0.852. The van der Waals surface area contributed by atoms with Crippen LogP contribution in [0.1, 0.15) is 11.3 Å². The molecule has 0 fully saturated rings. The first-order chi connectivity index (χ1) is 8.19. The first-order valence-corrected chi connectivity index (χ1v) is 5.64. The Balaban J connectivity index is 2.23. The first kappa shape index (κ1) is 11.6. The molecule has 2 aromatic rings.